The van der Waals surface area contributed by atoms with E-state index >= 15 is 0 Å². The average molecular weight is 422 g/mol. The van der Waals surface area contributed by atoms with Gasteiger partial charge < -0.3 is 9.80 Å². The van der Waals surface area contributed by atoms with E-state index in [1.807, 2.05) is 33.8 Å². The summed E-state index contributed by atoms with van der Waals surface area (Å²) < 4.78 is 2.00. The molecular weight excluding hydrogens is 398 g/mol. The van der Waals surface area contributed by atoms with Crippen LogP contribution in [0.1, 0.15) is 33.7 Å². The standard InChI is InChI=1S/C23H24ClN5O/c1-16-5-2-3-7-19(16)29-20-8-4-6-18(20)22(26-29)23(30)28-13-11-27(12-14-28)21-10-9-17(24)15-25-21/h2-3,5,7,9-10,15H,4,6,8,11-14H2,1H3. The Labute approximate surface area is 181 Å². The van der Waals surface area contributed by atoms with Gasteiger partial charge in [0.1, 0.15) is 5.82 Å². The molecule has 2 aliphatic rings. The molecule has 154 valence electrons. The van der Waals surface area contributed by atoms with Gasteiger partial charge in [-0.05, 0) is 49.9 Å². The van der Waals surface area contributed by atoms with Crippen LogP contribution in [-0.2, 0) is 12.8 Å². The fraction of sp³-hybridized carbons (Fsp3) is 0.348. The minimum absolute atomic E-state index is 0.0456. The summed E-state index contributed by atoms with van der Waals surface area (Å²) in [5, 5.41) is 5.44. The first-order valence-corrected chi connectivity index (χ1v) is 10.8. The zero-order valence-corrected chi connectivity index (χ0v) is 17.8. The number of benzene rings is 1. The number of halogens is 1. The number of carbonyl (C=O) groups excluding carboxylic acids is 1. The number of pyridine rings is 1. The molecule has 0 saturated carbocycles. The third-order valence-corrected chi connectivity index (χ3v) is 6.30. The molecule has 3 heterocycles. The molecule has 1 fully saturated rings. The van der Waals surface area contributed by atoms with E-state index in [1.165, 1.54) is 5.69 Å². The molecule has 0 N–H and O–H groups in total. The number of carbonyl (C=O) groups is 1. The molecule has 0 radical (unpaired) electrons. The zero-order chi connectivity index (χ0) is 20.7. The summed E-state index contributed by atoms with van der Waals surface area (Å²) >= 11 is 5.94. The van der Waals surface area contributed by atoms with Crippen molar-refractivity contribution in [3.8, 4) is 5.69 Å². The van der Waals surface area contributed by atoms with E-state index in [2.05, 4.69) is 28.9 Å². The lowest BCUT2D eigenvalue weighted by atomic mass is 10.1. The van der Waals surface area contributed by atoms with Crippen molar-refractivity contribution in [1.29, 1.82) is 0 Å². The first-order chi connectivity index (χ1) is 14.6. The van der Waals surface area contributed by atoms with E-state index in [1.54, 1.807) is 6.20 Å². The number of nitrogens with zero attached hydrogens (tertiary/aromatic N) is 5. The Morgan fingerprint density at radius 1 is 1.03 bits per heavy atom. The molecular formula is C23H24ClN5O. The van der Waals surface area contributed by atoms with Crippen LogP contribution >= 0.6 is 11.6 Å². The van der Waals surface area contributed by atoms with Crippen molar-refractivity contribution in [3.05, 3.63) is 70.1 Å². The Bertz CT molecular complexity index is 1080. The first-order valence-electron chi connectivity index (χ1n) is 10.4. The molecule has 1 saturated heterocycles. The lowest BCUT2D eigenvalue weighted by Crippen LogP contribution is -2.49. The monoisotopic (exact) mass is 421 g/mol. The second-order valence-electron chi connectivity index (χ2n) is 7.94. The van der Waals surface area contributed by atoms with Crippen LogP contribution in [0.25, 0.3) is 5.69 Å². The Kier molecular flexibility index (Phi) is 4.95. The van der Waals surface area contributed by atoms with Crippen LogP contribution in [0.3, 0.4) is 0 Å². The number of aromatic nitrogens is 3. The summed E-state index contributed by atoms with van der Waals surface area (Å²) in [6.07, 6.45) is 4.64. The van der Waals surface area contributed by atoms with Gasteiger partial charge in [-0.2, -0.15) is 5.10 Å². The predicted molar refractivity (Wildman–Crippen MR) is 118 cm³/mol. The number of aryl methyl sites for hydroxylation is 1. The van der Waals surface area contributed by atoms with Gasteiger partial charge in [0, 0.05) is 43.6 Å². The summed E-state index contributed by atoms with van der Waals surface area (Å²) in [4.78, 5) is 21.9. The number of rotatable bonds is 3. The van der Waals surface area contributed by atoms with Crippen molar-refractivity contribution in [2.45, 2.75) is 26.2 Å². The van der Waals surface area contributed by atoms with Crippen molar-refractivity contribution in [2.75, 3.05) is 31.1 Å². The van der Waals surface area contributed by atoms with Crippen LogP contribution in [0.4, 0.5) is 5.82 Å². The molecule has 2 aromatic heterocycles. The number of para-hydroxylation sites is 1. The van der Waals surface area contributed by atoms with Crippen molar-refractivity contribution in [2.24, 2.45) is 0 Å². The molecule has 1 aromatic carbocycles. The summed E-state index contributed by atoms with van der Waals surface area (Å²) in [5.74, 6) is 0.945. The predicted octanol–water partition coefficient (Wildman–Crippen LogP) is 3.68. The molecule has 0 bridgehead atoms. The minimum atomic E-state index is 0.0456. The van der Waals surface area contributed by atoms with Gasteiger partial charge in [0.2, 0.25) is 0 Å². The first kappa shape index (κ1) is 19.1. The Hall–Kier alpha value is -2.86. The molecule has 0 atom stereocenters. The summed E-state index contributed by atoms with van der Waals surface area (Å²) in [6.45, 7) is 4.91. The fourth-order valence-corrected chi connectivity index (χ4v) is 4.56. The second-order valence-corrected chi connectivity index (χ2v) is 8.38. The SMILES string of the molecule is Cc1ccccc1-n1nc(C(=O)N2CCN(c3ccc(Cl)cn3)CC2)c2c1CCC2. The topological polar surface area (TPSA) is 54.3 Å². The lowest BCUT2D eigenvalue weighted by Gasteiger charge is -2.35. The maximum atomic E-state index is 13.4. The normalized spacial score (nSPS) is 16.1. The minimum Gasteiger partial charge on any atom is -0.353 e. The van der Waals surface area contributed by atoms with E-state index in [4.69, 9.17) is 16.7 Å². The highest BCUT2D eigenvalue weighted by molar-refractivity contribution is 6.30. The van der Waals surface area contributed by atoms with Crippen molar-refractivity contribution in [3.63, 3.8) is 0 Å². The van der Waals surface area contributed by atoms with Gasteiger partial charge in [0.05, 0.1) is 10.7 Å². The highest BCUT2D eigenvalue weighted by Crippen LogP contribution is 2.30. The molecule has 30 heavy (non-hydrogen) atoms. The smallest absolute Gasteiger partial charge is 0.274 e. The molecule has 0 spiro atoms. The third-order valence-electron chi connectivity index (χ3n) is 6.08. The summed E-state index contributed by atoms with van der Waals surface area (Å²) in [7, 11) is 0. The molecule has 1 aliphatic carbocycles. The molecule has 6 nitrogen and oxygen atoms in total. The Morgan fingerprint density at radius 3 is 2.57 bits per heavy atom. The fourth-order valence-electron chi connectivity index (χ4n) is 4.45. The number of fused-ring (bicyclic) bond motifs is 1. The van der Waals surface area contributed by atoms with E-state index in [9.17, 15) is 4.79 Å². The maximum absolute atomic E-state index is 13.4. The van der Waals surface area contributed by atoms with Crippen LogP contribution in [0.5, 0.6) is 0 Å². The van der Waals surface area contributed by atoms with Gasteiger partial charge in [0.25, 0.3) is 5.91 Å². The van der Waals surface area contributed by atoms with Gasteiger partial charge in [-0.15, -0.1) is 0 Å². The van der Waals surface area contributed by atoms with Gasteiger partial charge in [-0.25, -0.2) is 9.67 Å². The number of anilines is 1. The van der Waals surface area contributed by atoms with Crippen LogP contribution in [0.15, 0.2) is 42.6 Å². The molecule has 7 heteroatoms. The number of amides is 1. The van der Waals surface area contributed by atoms with E-state index in [0.717, 1.165) is 55.0 Å². The largest absolute Gasteiger partial charge is 0.353 e. The number of piperazine rings is 1. The Morgan fingerprint density at radius 2 is 1.83 bits per heavy atom. The molecule has 1 aliphatic heterocycles. The number of hydrogen-bond acceptors (Lipinski definition) is 4. The zero-order valence-electron chi connectivity index (χ0n) is 17.0. The van der Waals surface area contributed by atoms with Crippen LogP contribution in [0, 0.1) is 6.92 Å². The van der Waals surface area contributed by atoms with E-state index < -0.39 is 0 Å². The number of hydrogen-bond donors (Lipinski definition) is 0. The highest BCUT2D eigenvalue weighted by Gasteiger charge is 2.31. The van der Waals surface area contributed by atoms with E-state index in [0.29, 0.717) is 23.8 Å². The highest BCUT2D eigenvalue weighted by atomic mass is 35.5. The van der Waals surface area contributed by atoms with Crippen molar-refractivity contribution < 1.29 is 4.79 Å². The van der Waals surface area contributed by atoms with Crippen LogP contribution in [-0.4, -0.2) is 51.8 Å². The van der Waals surface area contributed by atoms with Crippen LogP contribution < -0.4 is 4.90 Å². The lowest BCUT2D eigenvalue weighted by molar-refractivity contribution is 0.0739. The molecule has 0 unspecified atom stereocenters. The molecule has 5 rings (SSSR count). The van der Waals surface area contributed by atoms with Gasteiger partial charge in [0.15, 0.2) is 5.69 Å². The molecule has 3 aromatic rings. The van der Waals surface area contributed by atoms with Crippen molar-refractivity contribution >= 4 is 23.3 Å². The maximum Gasteiger partial charge on any atom is 0.274 e. The van der Waals surface area contributed by atoms with Gasteiger partial charge in [-0.1, -0.05) is 29.8 Å². The Balaban J connectivity index is 1.37. The quantitative estimate of drug-likeness (QED) is 0.647. The van der Waals surface area contributed by atoms with Crippen LogP contribution in [0.2, 0.25) is 5.02 Å². The average Bonchev–Trinajstić information content (AvgIpc) is 3.38. The van der Waals surface area contributed by atoms with Crippen molar-refractivity contribution in [1.82, 2.24) is 19.7 Å². The second kappa shape index (κ2) is 7.76. The summed E-state index contributed by atoms with van der Waals surface area (Å²) in [5.41, 5.74) is 5.18. The van der Waals surface area contributed by atoms with Gasteiger partial charge in [-0.3, -0.25) is 4.79 Å². The van der Waals surface area contributed by atoms with E-state index in [-0.39, 0.29) is 5.91 Å². The summed E-state index contributed by atoms with van der Waals surface area (Å²) in [6, 6.07) is 12.0. The third kappa shape index (κ3) is 3.35. The molecule has 1 amide bonds. The van der Waals surface area contributed by atoms with Gasteiger partial charge >= 0.3 is 0 Å².